The number of aldehydes is 1. The van der Waals surface area contributed by atoms with E-state index < -0.39 is 0 Å². The lowest BCUT2D eigenvalue weighted by Crippen LogP contribution is -2.11. The highest BCUT2D eigenvalue weighted by molar-refractivity contribution is 6.01. The summed E-state index contributed by atoms with van der Waals surface area (Å²) in [5.74, 6) is -0.328. The summed E-state index contributed by atoms with van der Waals surface area (Å²) in [6.07, 6.45) is 3.81. The normalized spacial score (nSPS) is 12.8. The molecule has 0 aliphatic carbocycles. The zero-order chi connectivity index (χ0) is 9.56. The molecule has 0 unspecified atom stereocenters. The summed E-state index contributed by atoms with van der Waals surface area (Å²) < 4.78 is 0. The van der Waals surface area contributed by atoms with E-state index in [-0.39, 0.29) is 17.9 Å². The largest absolute Gasteiger partial charge is 0.396 e. The molecule has 0 amide bonds. The maximum atomic E-state index is 10.9. The van der Waals surface area contributed by atoms with Gasteiger partial charge in [0.2, 0.25) is 0 Å². The molecule has 0 aromatic rings. The number of carbonyl (C=O) groups is 2. The van der Waals surface area contributed by atoms with Crippen molar-refractivity contribution in [2.45, 2.75) is 20.3 Å². The highest BCUT2D eigenvalue weighted by Crippen LogP contribution is 1.99. The Bertz CT molecular complexity index is 239. The molecule has 12 heavy (non-hydrogen) atoms. The molecule has 0 saturated heterocycles. The number of carbonyl (C=O) groups excluding carboxylic acids is 2. The van der Waals surface area contributed by atoms with E-state index in [0.717, 1.165) is 5.57 Å². The van der Waals surface area contributed by atoms with Crippen molar-refractivity contribution in [1.82, 2.24) is 0 Å². The molecule has 0 aromatic carbocycles. The second-order valence-corrected chi connectivity index (χ2v) is 2.43. The molecule has 3 heteroatoms. The van der Waals surface area contributed by atoms with E-state index in [1.54, 1.807) is 6.08 Å². The maximum absolute atomic E-state index is 10.9. The van der Waals surface area contributed by atoms with E-state index in [0.29, 0.717) is 6.29 Å². The van der Waals surface area contributed by atoms with Crippen LogP contribution in [-0.4, -0.2) is 12.1 Å². The van der Waals surface area contributed by atoms with Crippen molar-refractivity contribution in [3.63, 3.8) is 0 Å². The Morgan fingerprint density at radius 3 is 2.50 bits per heavy atom. The van der Waals surface area contributed by atoms with Crippen molar-refractivity contribution in [1.29, 1.82) is 0 Å². The highest BCUT2D eigenvalue weighted by Gasteiger charge is 2.02. The van der Waals surface area contributed by atoms with Crippen LogP contribution in [0.15, 0.2) is 23.4 Å². The van der Waals surface area contributed by atoms with Crippen molar-refractivity contribution < 1.29 is 9.59 Å². The van der Waals surface area contributed by atoms with Crippen LogP contribution in [0, 0.1) is 0 Å². The van der Waals surface area contributed by atoms with Crippen molar-refractivity contribution >= 4 is 12.1 Å². The van der Waals surface area contributed by atoms with E-state index in [2.05, 4.69) is 0 Å². The van der Waals surface area contributed by atoms with Crippen molar-refractivity contribution in [2.75, 3.05) is 0 Å². The molecule has 0 atom stereocenters. The van der Waals surface area contributed by atoms with Crippen LogP contribution in [0.4, 0.5) is 0 Å². The molecular formula is C9H13NO2. The minimum atomic E-state index is -0.328. The van der Waals surface area contributed by atoms with Crippen LogP contribution in [0.1, 0.15) is 20.3 Å². The van der Waals surface area contributed by atoms with Crippen LogP contribution in [0.3, 0.4) is 0 Å². The Balaban J connectivity index is 4.37. The van der Waals surface area contributed by atoms with Gasteiger partial charge in [0.05, 0.1) is 12.1 Å². The molecule has 3 nitrogen and oxygen atoms in total. The van der Waals surface area contributed by atoms with Gasteiger partial charge in [0.15, 0.2) is 5.78 Å². The monoisotopic (exact) mass is 167 g/mol. The predicted molar refractivity (Wildman–Crippen MR) is 47.4 cm³/mol. The van der Waals surface area contributed by atoms with Crippen LogP contribution in [-0.2, 0) is 9.59 Å². The SMILES string of the molecule is C/C=C(C)\C=C(/N)C(=O)CC=O. The Morgan fingerprint density at radius 1 is 1.50 bits per heavy atom. The van der Waals surface area contributed by atoms with Crippen LogP contribution >= 0.6 is 0 Å². The van der Waals surface area contributed by atoms with Gasteiger partial charge in [-0.2, -0.15) is 0 Å². The molecule has 0 bridgehead atoms. The third-order valence-electron chi connectivity index (χ3n) is 1.43. The van der Waals surface area contributed by atoms with E-state index in [1.807, 2.05) is 19.9 Å². The zero-order valence-electron chi connectivity index (χ0n) is 7.33. The van der Waals surface area contributed by atoms with E-state index in [4.69, 9.17) is 5.73 Å². The fraction of sp³-hybridized carbons (Fsp3) is 0.333. The average molecular weight is 167 g/mol. The summed E-state index contributed by atoms with van der Waals surface area (Å²) in [6, 6.07) is 0. The maximum Gasteiger partial charge on any atom is 0.185 e. The van der Waals surface area contributed by atoms with Gasteiger partial charge in [0.1, 0.15) is 6.29 Å². The number of nitrogens with two attached hydrogens (primary N) is 1. The van der Waals surface area contributed by atoms with Crippen LogP contribution in [0.2, 0.25) is 0 Å². The highest BCUT2D eigenvalue weighted by atomic mass is 16.1. The first-order chi connectivity index (χ1) is 5.61. The number of ketones is 1. The van der Waals surface area contributed by atoms with Gasteiger partial charge in [-0.15, -0.1) is 0 Å². The standard InChI is InChI=1S/C9H13NO2/c1-3-7(2)6-8(10)9(12)4-5-11/h3,5-6H,4,10H2,1-2H3/b7-3-,8-6-. The second kappa shape index (κ2) is 5.29. The molecule has 0 fully saturated rings. The molecule has 0 spiro atoms. The quantitative estimate of drug-likeness (QED) is 0.293. The number of hydrogen-bond acceptors (Lipinski definition) is 3. The number of Topliss-reactive ketones (excluding diaryl/α,β-unsaturated/α-hetero) is 1. The van der Waals surface area contributed by atoms with Gasteiger partial charge in [-0.1, -0.05) is 11.6 Å². The molecule has 0 aromatic heterocycles. The van der Waals surface area contributed by atoms with Gasteiger partial charge in [-0.25, -0.2) is 0 Å². The topological polar surface area (TPSA) is 60.2 Å². The number of rotatable bonds is 4. The smallest absolute Gasteiger partial charge is 0.185 e. The van der Waals surface area contributed by atoms with Gasteiger partial charge in [-0.3, -0.25) is 4.79 Å². The van der Waals surface area contributed by atoms with E-state index >= 15 is 0 Å². The second-order valence-electron chi connectivity index (χ2n) is 2.43. The Hall–Kier alpha value is -1.38. The third-order valence-corrected chi connectivity index (χ3v) is 1.43. The van der Waals surface area contributed by atoms with Crippen molar-refractivity contribution in [2.24, 2.45) is 5.73 Å². The fourth-order valence-corrected chi connectivity index (χ4v) is 0.603. The van der Waals surface area contributed by atoms with Gasteiger partial charge in [0, 0.05) is 0 Å². The summed E-state index contributed by atoms with van der Waals surface area (Å²) in [4.78, 5) is 20.9. The lowest BCUT2D eigenvalue weighted by molar-refractivity contribution is -0.119. The average Bonchev–Trinajstić information content (AvgIpc) is 2.04. The van der Waals surface area contributed by atoms with E-state index in [9.17, 15) is 9.59 Å². The van der Waals surface area contributed by atoms with Crippen LogP contribution in [0.5, 0.6) is 0 Å². The van der Waals surface area contributed by atoms with Crippen molar-refractivity contribution in [3.8, 4) is 0 Å². The summed E-state index contributed by atoms with van der Waals surface area (Å²) in [6.45, 7) is 3.68. The Kier molecular flexibility index (Phi) is 4.69. The molecule has 2 N–H and O–H groups in total. The minimum absolute atomic E-state index is 0.137. The molecule has 0 rings (SSSR count). The third kappa shape index (κ3) is 3.71. The van der Waals surface area contributed by atoms with Gasteiger partial charge in [-0.05, 0) is 19.9 Å². The summed E-state index contributed by atoms with van der Waals surface area (Å²) in [7, 11) is 0. The lowest BCUT2D eigenvalue weighted by Gasteiger charge is -1.96. The summed E-state index contributed by atoms with van der Waals surface area (Å²) in [5.41, 5.74) is 6.44. The first-order valence-electron chi connectivity index (χ1n) is 3.68. The molecule has 0 aliphatic heterocycles. The first-order valence-corrected chi connectivity index (χ1v) is 3.68. The molecular weight excluding hydrogens is 154 g/mol. The van der Waals surface area contributed by atoms with Gasteiger partial charge < -0.3 is 10.5 Å². The fourth-order valence-electron chi connectivity index (χ4n) is 0.603. The minimum Gasteiger partial charge on any atom is -0.396 e. The predicted octanol–water partition coefficient (Wildman–Crippen LogP) is 0.953. The zero-order valence-corrected chi connectivity index (χ0v) is 7.33. The van der Waals surface area contributed by atoms with Crippen LogP contribution < -0.4 is 5.73 Å². The molecule has 0 radical (unpaired) electrons. The van der Waals surface area contributed by atoms with E-state index in [1.165, 1.54) is 0 Å². The molecule has 0 aliphatic rings. The first kappa shape index (κ1) is 10.6. The molecule has 0 saturated carbocycles. The van der Waals surface area contributed by atoms with Gasteiger partial charge >= 0.3 is 0 Å². The van der Waals surface area contributed by atoms with Crippen molar-refractivity contribution in [3.05, 3.63) is 23.4 Å². The number of allylic oxidation sites excluding steroid dienone is 4. The number of hydrogen-bond donors (Lipinski definition) is 1. The summed E-state index contributed by atoms with van der Waals surface area (Å²) in [5, 5.41) is 0. The van der Waals surface area contributed by atoms with Crippen LogP contribution in [0.25, 0.3) is 0 Å². The Morgan fingerprint density at radius 2 is 2.08 bits per heavy atom. The molecule has 0 heterocycles. The van der Waals surface area contributed by atoms with Gasteiger partial charge in [0.25, 0.3) is 0 Å². The lowest BCUT2D eigenvalue weighted by atomic mass is 10.1. The summed E-state index contributed by atoms with van der Waals surface area (Å²) >= 11 is 0. The molecule has 66 valence electrons. The Labute approximate surface area is 71.9 Å².